The van der Waals surface area contributed by atoms with Gasteiger partial charge in [0.2, 0.25) is 0 Å². The van der Waals surface area contributed by atoms with Gasteiger partial charge in [0.25, 0.3) is 0 Å². The first-order valence-corrected chi connectivity index (χ1v) is 5.86. The van der Waals surface area contributed by atoms with Crippen molar-refractivity contribution in [1.82, 2.24) is 0 Å². The lowest BCUT2D eigenvalue weighted by Crippen LogP contribution is -2.21. The minimum absolute atomic E-state index is 0.245. The zero-order valence-electron chi connectivity index (χ0n) is 9.77. The van der Waals surface area contributed by atoms with Crippen molar-refractivity contribution in [2.45, 2.75) is 38.0 Å². The van der Waals surface area contributed by atoms with Crippen molar-refractivity contribution >= 4 is 0 Å². The monoisotopic (exact) mass is 240 g/mol. The van der Waals surface area contributed by atoms with E-state index >= 15 is 0 Å². The van der Waals surface area contributed by atoms with Gasteiger partial charge in [-0.2, -0.15) is 0 Å². The number of halogens is 3. The number of hydrogen-bond donors (Lipinski definition) is 0. The van der Waals surface area contributed by atoms with Crippen LogP contribution in [-0.2, 0) is 5.41 Å². The first kappa shape index (κ1) is 12.2. The normalized spacial score (nSPS) is 24.7. The SMILES string of the molecule is C[C@]1(c2ccc(F)c(F)c2F)C=CCCCC1. The van der Waals surface area contributed by atoms with Crippen LogP contribution in [0.1, 0.15) is 38.2 Å². The number of benzene rings is 1. The summed E-state index contributed by atoms with van der Waals surface area (Å²) in [6.45, 7) is 1.87. The summed E-state index contributed by atoms with van der Waals surface area (Å²) in [5.74, 6) is -3.56. The van der Waals surface area contributed by atoms with Gasteiger partial charge in [-0.05, 0) is 25.3 Å². The molecule has 17 heavy (non-hydrogen) atoms. The average Bonchev–Trinajstić information content (AvgIpc) is 2.52. The third-order valence-electron chi connectivity index (χ3n) is 3.45. The van der Waals surface area contributed by atoms with E-state index in [1.807, 2.05) is 19.1 Å². The highest BCUT2D eigenvalue weighted by atomic mass is 19.2. The zero-order valence-corrected chi connectivity index (χ0v) is 9.77. The van der Waals surface area contributed by atoms with Crippen LogP contribution >= 0.6 is 0 Å². The van der Waals surface area contributed by atoms with Crippen molar-refractivity contribution < 1.29 is 13.2 Å². The van der Waals surface area contributed by atoms with Crippen LogP contribution in [0.25, 0.3) is 0 Å². The summed E-state index contributed by atoms with van der Waals surface area (Å²) < 4.78 is 39.9. The second-order valence-electron chi connectivity index (χ2n) is 4.79. The first-order valence-electron chi connectivity index (χ1n) is 5.86. The minimum atomic E-state index is -1.37. The fourth-order valence-electron chi connectivity index (χ4n) is 2.37. The van der Waals surface area contributed by atoms with Crippen LogP contribution in [0, 0.1) is 17.5 Å². The molecule has 0 spiro atoms. The maximum Gasteiger partial charge on any atom is 0.194 e. The molecule has 1 aliphatic rings. The van der Waals surface area contributed by atoms with Crippen molar-refractivity contribution in [2.75, 3.05) is 0 Å². The van der Waals surface area contributed by atoms with Gasteiger partial charge < -0.3 is 0 Å². The molecule has 0 amide bonds. The van der Waals surface area contributed by atoms with E-state index in [4.69, 9.17) is 0 Å². The highest BCUT2D eigenvalue weighted by Crippen LogP contribution is 2.36. The summed E-state index contributed by atoms with van der Waals surface area (Å²) in [5, 5.41) is 0. The molecule has 0 nitrogen and oxygen atoms in total. The molecule has 0 N–H and O–H groups in total. The molecule has 1 atom stereocenters. The van der Waals surface area contributed by atoms with E-state index in [0.29, 0.717) is 0 Å². The molecule has 0 fully saturated rings. The molecule has 0 saturated carbocycles. The van der Waals surface area contributed by atoms with Crippen molar-refractivity contribution in [2.24, 2.45) is 0 Å². The zero-order chi connectivity index (χ0) is 12.5. The van der Waals surface area contributed by atoms with Crippen LogP contribution in [-0.4, -0.2) is 0 Å². The maximum absolute atomic E-state index is 13.8. The average molecular weight is 240 g/mol. The van der Waals surface area contributed by atoms with Gasteiger partial charge in [0.05, 0.1) is 0 Å². The topological polar surface area (TPSA) is 0 Å². The Bertz CT molecular complexity index is 451. The first-order chi connectivity index (χ1) is 8.04. The van der Waals surface area contributed by atoms with Crippen molar-refractivity contribution in [1.29, 1.82) is 0 Å². The summed E-state index contributed by atoms with van der Waals surface area (Å²) in [6.07, 6.45) is 7.63. The predicted molar refractivity (Wildman–Crippen MR) is 61.3 cm³/mol. The Hall–Kier alpha value is -1.25. The Morgan fingerprint density at radius 2 is 1.82 bits per heavy atom. The smallest absolute Gasteiger partial charge is 0.194 e. The van der Waals surface area contributed by atoms with E-state index in [0.717, 1.165) is 31.7 Å². The molecule has 0 radical (unpaired) electrons. The highest BCUT2D eigenvalue weighted by Gasteiger charge is 2.29. The second-order valence-corrected chi connectivity index (χ2v) is 4.79. The van der Waals surface area contributed by atoms with Crippen LogP contribution in [0.5, 0.6) is 0 Å². The predicted octanol–water partition coefficient (Wildman–Crippen LogP) is 4.49. The van der Waals surface area contributed by atoms with Gasteiger partial charge in [-0.1, -0.05) is 31.6 Å². The molecule has 0 saturated heterocycles. The molecule has 0 unspecified atom stereocenters. The minimum Gasteiger partial charge on any atom is -0.204 e. The summed E-state index contributed by atoms with van der Waals surface area (Å²) >= 11 is 0. The molecule has 0 heterocycles. The van der Waals surface area contributed by atoms with Gasteiger partial charge in [-0.25, -0.2) is 13.2 Å². The van der Waals surface area contributed by atoms with Crippen LogP contribution in [0.15, 0.2) is 24.3 Å². The number of allylic oxidation sites excluding steroid dienone is 2. The molecule has 0 aromatic heterocycles. The van der Waals surface area contributed by atoms with E-state index in [2.05, 4.69) is 0 Å². The number of hydrogen-bond acceptors (Lipinski definition) is 0. The number of rotatable bonds is 1. The second kappa shape index (κ2) is 4.55. The summed E-state index contributed by atoms with van der Waals surface area (Å²) in [5.41, 5.74) is -0.288. The van der Waals surface area contributed by atoms with Gasteiger partial charge in [0.15, 0.2) is 17.5 Å². The fraction of sp³-hybridized carbons (Fsp3) is 0.429. The molecule has 0 aliphatic heterocycles. The van der Waals surface area contributed by atoms with E-state index in [-0.39, 0.29) is 5.56 Å². The molecule has 92 valence electrons. The van der Waals surface area contributed by atoms with Crippen LogP contribution in [0.2, 0.25) is 0 Å². The lowest BCUT2D eigenvalue weighted by atomic mass is 9.78. The molecule has 1 aromatic carbocycles. The highest BCUT2D eigenvalue weighted by molar-refractivity contribution is 5.33. The van der Waals surface area contributed by atoms with Crippen molar-refractivity contribution in [3.63, 3.8) is 0 Å². The lowest BCUT2D eigenvalue weighted by molar-refractivity contribution is 0.417. The molecule has 1 aliphatic carbocycles. The molecule has 3 heteroatoms. The van der Waals surface area contributed by atoms with Gasteiger partial charge >= 0.3 is 0 Å². The summed E-state index contributed by atoms with van der Waals surface area (Å²) in [6, 6.07) is 2.35. The Balaban J connectivity index is 2.48. The van der Waals surface area contributed by atoms with Gasteiger partial charge in [0.1, 0.15) is 0 Å². The van der Waals surface area contributed by atoms with E-state index < -0.39 is 22.9 Å². The van der Waals surface area contributed by atoms with Crippen LogP contribution in [0.3, 0.4) is 0 Å². The molecule has 1 aromatic rings. The lowest BCUT2D eigenvalue weighted by Gasteiger charge is -2.26. The molecular formula is C14H15F3. The standard InChI is InChI=1S/C14H15F3/c1-14(8-4-2-3-5-9-14)10-6-7-11(15)13(17)12(10)16/h4,6-8H,2-3,5,9H2,1H3/t14-/m0/s1. The Labute approximate surface area is 99.2 Å². The Morgan fingerprint density at radius 3 is 2.59 bits per heavy atom. The molecule has 0 bridgehead atoms. The molecular weight excluding hydrogens is 225 g/mol. The van der Waals surface area contributed by atoms with Gasteiger partial charge in [0, 0.05) is 11.0 Å². The van der Waals surface area contributed by atoms with Gasteiger partial charge in [-0.3, -0.25) is 0 Å². The van der Waals surface area contributed by atoms with Crippen molar-refractivity contribution in [3.8, 4) is 0 Å². The third kappa shape index (κ3) is 2.24. The van der Waals surface area contributed by atoms with E-state index in [9.17, 15) is 13.2 Å². The van der Waals surface area contributed by atoms with Crippen LogP contribution in [0.4, 0.5) is 13.2 Å². The third-order valence-corrected chi connectivity index (χ3v) is 3.45. The van der Waals surface area contributed by atoms with E-state index in [1.54, 1.807) is 0 Å². The van der Waals surface area contributed by atoms with Gasteiger partial charge in [-0.15, -0.1) is 0 Å². The van der Waals surface area contributed by atoms with Crippen LogP contribution < -0.4 is 0 Å². The fourth-order valence-corrected chi connectivity index (χ4v) is 2.37. The summed E-state index contributed by atoms with van der Waals surface area (Å²) in [7, 11) is 0. The quantitative estimate of drug-likeness (QED) is 0.501. The largest absolute Gasteiger partial charge is 0.204 e. The Kier molecular flexibility index (Phi) is 3.27. The van der Waals surface area contributed by atoms with Crippen molar-refractivity contribution in [3.05, 3.63) is 47.3 Å². The maximum atomic E-state index is 13.8. The van der Waals surface area contributed by atoms with E-state index in [1.165, 1.54) is 6.07 Å². The Morgan fingerprint density at radius 1 is 1.06 bits per heavy atom. The molecule has 2 rings (SSSR count). The summed E-state index contributed by atoms with van der Waals surface area (Å²) in [4.78, 5) is 0.